The zero-order valence-electron chi connectivity index (χ0n) is 8.31. The molecule has 0 spiro atoms. The molecular formula is C9H11NO4S. The van der Waals surface area contributed by atoms with E-state index in [0.717, 1.165) is 0 Å². The zero-order chi connectivity index (χ0) is 11.4. The molecule has 0 aliphatic carbocycles. The average Bonchev–Trinajstić information content (AvgIpc) is 2.27. The molecule has 0 saturated heterocycles. The molecule has 5 nitrogen and oxygen atoms in total. The van der Waals surface area contributed by atoms with E-state index in [4.69, 9.17) is 9.29 Å². The van der Waals surface area contributed by atoms with Gasteiger partial charge in [-0.1, -0.05) is 0 Å². The van der Waals surface area contributed by atoms with E-state index in [-0.39, 0.29) is 16.6 Å². The highest BCUT2D eigenvalue weighted by molar-refractivity contribution is 7.79. The van der Waals surface area contributed by atoms with Crippen LogP contribution in [0.1, 0.15) is 10.4 Å². The second-order valence-electron chi connectivity index (χ2n) is 2.69. The van der Waals surface area contributed by atoms with Crippen LogP contribution in [0.3, 0.4) is 0 Å². The Hall–Kier alpha value is -1.40. The lowest BCUT2D eigenvalue weighted by Crippen LogP contribution is -2.18. The van der Waals surface area contributed by atoms with Gasteiger partial charge in [0, 0.05) is 12.6 Å². The van der Waals surface area contributed by atoms with E-state index in [1.807, 2.05) is 0 Å². The molecule has 1 amide bonds. The van der Waals surface area contributed by atoms with Gasteiger partial charge in [-0.25, -0.2) is 4.21 Å². The maximum absolute atomic E-state index is 11.3. The largest absolute Gasteiger partial charge is 0.495 e. The number of benzene rings is 1. The van der Waals surface area contributed by atoms with Gasteiger partial charge < -0.3 is 14.6 Å². The van der Waals surface area contributed by atoms with E-state index >= 15 is 0 Å². The van der Waals surface area contributed by atoms with Crippen molar-refractivity contribution in [2.24, 2.45) is 0 Å². The molecule has 0 fully saturated rings. The molecule has 1 rings (SSSR count). The number of methoxy groups -OCH3 is 1. The molecule has 0 heterocycles. The molecule has 1 unspecified atom stereocenters. The first kappa shape index (κ1) is 11.7. The molecule has 0 aliphatic rings. The fraction of sp³-hybridized carbons (Fsp3) is 0.222. The summed E-state index contributed by atoms with van der Waals surface area (Å²) >= 11 is -2.17. The van der Waals surface area contributed by atoms with Crippen molar-refractivity contribution in [2.75, 3.05) is 14.2 Å². The summed E-state index contributed by atoms with van der Waals surface area (Å²) in [4.78, 5) is 11.3. The predicted molar refractivity (Wildman–Crippen MR) is 55.4 cm³/mol. The summed E-state index contributed by atoms with van der Waals surface area (Å²) in [5.41, 5.74) is 0.315. The molecule has 0 aromatic heterocycles. The van der Waals surface area contributed by atoms with Gasteiger partial charge in [0.25, 0.3) is 5.91 Å². The van der Waals surface area contributed by atoms with E-state index in [1.165, 1.54) is 32.4 Å². The summed E-state index contributed by atoms with van der Waals surface area (Å²) in [5, 5.41) is 2.42. The van der Waals surface area contributed by atoms with E-state index in [0.29, 0.717) is 5.56 Å². The van der Waals surface area contributed by atoms with Gasteiger partial charge in [0.05, 0.1) is 7.11 Å². The molecule has 0 radical (unpaired) electrons. The monoisotopic (exact) mass is 229 g/mol. The van der Waals surface area contributed by atoms with Crippen molar-refractivity contribution in [2.45, 2.75) is 4.90 Å². The molecule has 1 aromatic carbocycles. The average molecular weight is 229 g/mol. The van der Waals surface area contributed by atoms with Crippen LogP contribution in [0.2, 0.25) is 0 Å². The van der Waals surface area contributed by atoms with Gasteiger partial charge in [-0.2, -0.15) is 0 Å². The fourth-order valence-corrected chi connectivity index (χ4v) is 1.65. The van der Waals surface area contributed by atoms with Crippen molar-refractivity contribution in [3.05, 3.63) is 23.8 Å². The Balaban J connectivity index is 3.22. The number of hydrogen-bond acceptors (Lipinski definition) is 3. The molecule has 1 atom stereocenters. The molecule has 15 heavy (non-hydrogen) atoms. The first-order valence-corrected chi connectivity index (χ1v) is 5.21. The zero-order valence-corrected chi connectivity index (χ0v) is 9.13. The summed E-state index contributed by atoms with van der Waals surface area (Å²) in [7, 11) is 2.88. The number of carbonyl (C=O) groups excluding carboxylic acids is 1. The lowest BCUT2D eigenvalue weighted by molar-refractivity contribution is 0.0963. The van der Waals surface area contributed by atoms with Crippen molar-refractivity contribution in [1.29, 1.82) is 0 Å². The summed E-state index contributed by atoms with van der Waals surface area (Å²) in [6.45, 7) is 0. The highest BCUT2D eigenvalue weighted by atomic mass is 32.2. The van der Waals surface area contributed by atoms with Crippen molar-refractivity contribution in [3.8, 4) is 5.75 Å². The van der Waals surface area contributed by atoms with Gasteiger partial charge >= 0.3 is 0 Å². The van der Waals surface area contributed by atoms with Crippen LogP contribution in [0.4, 0.5) is 0 Å². The maximum Gasteiger partial charge on any atom is 0.251 e. The van der Waals surface area contributed by atoms with E-state index < -0.39 is 11.1 Å². The number of rotatable bonds is 3. The Kier molecular flexibility index (Phi) is 3.81. The number of amides is 1. The van der Waals surface area contributed by atoms with Crippen LogP contribution in [0.25, 0.3) is 0 Å². The topological polar surface area (TPSA) is 75.6 Å². The van der Waals surface area contributed by atoms with E-state index in [2.05, 4.69) is 5.32 Å². The van der Waals surface area contributed by atoms with E-state index in [9.17, 15) is 9.00 Å². The number of ether oxygens (including phenoxy) is 1. The minimum absolute atomic E-state index is 0.0820. The standard InChI is InChI=1S/C9H11NO4S/c1-10-9(11)6-3-4-7(14-2)8(5-6)15(12)13/h3-5H,1-2H3,(H,10,11)(H,12,13). The van der Waals surface area contributed by atoms with Gasteiger partial charge in [-0.3, -0.25) is 4.79 Å². The van der Waals surface area contributed by atoms with Crippen molar-refractivity contribution in [3.63, 3.8) is 0 Å². The van der Waals surface area contributed by atoms with Crippen LogP contribution in [-0.4, -0.2) is 28.8 Å². The van der Waals surface area contributed by atoms with E-state index in [1.54, 1.807) is 0 Å². The lowest BCUT2D eigenvalue weighted by atomic mass is 10.2. The Morgan fingerprint density at radius 1 is 1.53 bits per heavy atom. The highest BCUT2D eigenvalue weighted by Gasteiger charge is 2.12. The van der Waals surface area contributed by atoms with Crippen molar-refractivity contribution >= 4 is 17.0 Å². The van der Waals surface area contributed by atoms with Crippen molar-refractivity contribution in [1.82, 2.24) is 5.32 Å². The molecule has 6 heteroatoms. The lowest BCUT2D eigenvalue weighted by Gasteiger charge is -2.06. The fourth-order valence-electron chi connectivity index (χ4n) is 1.10. The normalized spacial score (nSPS) is 11.9. The minimum Gasteiger partial charge on any atom is -0.495 e. The molecular weight excluding hydrogens is 218 g/mol. The van der Waals surface area contributed by atoms with Gasteiger partial charge in [0.2, 0.25) is 0 Å². The predicted octanol–water partition coefficient (Wildman–Crippen LogP) is 0.635. The molecule has 2 N–H and O–H groups in total. The SMILES string of the molecule is CNC(=O)c1ccc(OC)c(S(=O)O)c1. The summed E-state index contributed by atoms with van der Waals surface area (Å²) < 4.78 is 24.8. The Labute approximate surface area is 89.7 Å². The third-order valence-electron chi connectivity index (χ3n) is 1.84. The summed E-state index contributed by atoms with van der Waals surface area (Å²) in [6.07, 6.45) is 0. The molecule has 1 aromatic rings. The van der Waals surface area contributed by atoms with Gasteiger partial charge in [0.15, 0.2) is 11.1 Å². The Morgan fingerprint density at radius 3 is 2.67 bits per heavy atom. The van der Waals surface area contributed by atoms with Crippen LogP contribution in [0, 0.1) is 0 Å². The number of hydrogen-bond donors (Lipinski definition) is 2. The smallest absolute Gasteiger partial charge is 0.251 e. The van der Waals surface area contributed by atoms with Crippen LogP contribution in [-0.2, 0) is 11.1 Å². The Morgan fingerprint density at radius 2 is 2.20 bits per heavy atom. The van der Waals surface area contributed by atoms with Crippen molar-refractivity contribution < 1.29 is 18.3 Å². The van der Waals surface area contributed by atoms with Crippen LogP contribution in [0.5, 0.6) is 5.75 Å². The Bertz CT molecular complexity index is 405. The quantitative estimate of drug-likeness (QED) is 0.746. The van der Waals surface area contributed by atoms with Crippen LogP contribution >= 0.6 is 0 Å². The third kappa shape index (κ3) is 2.54. The molecule has 0 aliphatic heterocycles. The second kappa shape index (κ2) is 4.90. The van der Waals surface area contributed by atoms with Gasteiger partial charge in [0.1, 0.15) is 10.6 Å². The maximum atomic E-state index is 11.3. The first-order chi connectivity index (χ1) is 7.10. The summed E-state index contributed by atoms with van der Waals surface area (Å²) in [5.74, 6) is -0.0344. The second-order valence-corrected chi connectivity index (χ2v) is 3.63. The van der Waals surface area contributed by atoms with Crippen LogP contribution in [0.15, 0.2) is 23.1 Å². The van der Waals surface area contributed by atoms with Gasteiger partial charge in [-0.05, 0) is 18.2 Å². The third-order valence-corrected chi connectivity index (χ3v) is 2.54. The molecule has 82 valence electrons. The summed E-state index contributed by atoms with van der Waals surface area (Å²) in [6, 6.07) is 4.33. The number of nitrogens with one attached hydrogen (secondary N) is 1. The van der Waals surface area contributed by atoms with Crippen LogP contribution < -0.4 is 10.1 Å². The molecule has 0 bridgehead atoms. The number of carbonyl (C=O) groups is 1. The van der Waals surface area contributed by atoms with Gasteiger partial charge in [-0.15, -0.1) is 0 Å². The highest BCUT2D eigenvalue weighted by Crippen LogP contribution is 2.22. The molecule has 0 saturated carbocycles. The minimum atomic E-state index is -2.17. The first-order valence-electron chi connectivity index (χ1n) is 4.11.